The molecule has 0 aliphatic carbocycles. The average Bonchev–Trinajstić information content (AvgIpc) is 2.74. The van der Waals surface area contributed by atoms with Gasteiger partial charge >= 0.3 is 12.2 Å². The fourth-order valence-corrected chi connectivity index (χ4v) is 3.09. The van der Waals surface area contributed by atoms with Crippen LogP contribution in [0.25, 0.3) is 22.3 Å². The van der Waals surface area contributed by atoms with Crippen molar-refractivity contribution in [2.75, 3.05) is 0 Å². The first-order valence-electron chi connectivity index (χ1n) is 9.48. The summed E-state index contributed by atoms with van der Waals surface area (Å²) >= 11 is 0. The second-order valence-electron chi connectivity index (χ2n) is 6.86. The molecule has 1 nitrogen and oxygen atoms in total. The SMILES string of the molecule is CCCc1ccc(-c2ccc(-c3ccc(OC(F)(F)C(F)=C(F)F)cc3)c(F)c2)cc1. The molecule has 3 rings (SSSR count). The maximum atomic E-state index is 14.7. The van der Waals surface area contributed by atoms with E-state index in [0.717, 1.165) is 30.5 Å². The summed E-state index contributed by atoms with van der Waals surface area (Å²) in [6.45, 7) is 2.09. The predicted octanol–water partition coefficient (Wildman–Crippen LogP) is 8.16. The second kappa shape index (κ2) is 9.29. The maximum absolute atomic E-state index is 14.7. The van der Waals surface area contributed by atoms with Crippen molar-refractivity contribution in [1.29, 1.82) is 0 Å². The zero-order chi connectivity index (χ0) is 22.6. The van der Waals surface area contributed by atoms with Crippen LogP contribution in [0.2, 0.25) is 0 Å². The van der Waals surface area contributed by atoms with Gasteiger partial charge in [-0.1, -0.05) is 61.9 Å². The topological polar surface area (TPSA) is 9.23 Å². The largest absolute Gasteiger partial charge is 0.459 e. The van der Waals surface area contributed by atoms with E-state index < -0.39 is 29.6 Å². The van der Waals surface area contributed by atoms with Crippen molar-refractivity contribution < 1.29 is 31.1 Å². The smallest absolute Gasteiger partial charge is 0.427 e. The van der Waals surface area contributed by atoms with Gasteiger partial charge in [0, 0.05) is 5.56 Å². The van der Waals surface area contributed by atoms with E-state index in [4.69, 9.17) is 0 Å². The first-order valence-corrected chi connectivity index (χ1v) is 9.48. The van der Waals surface area contributed by atoms with Gasteiger partial charge in [0.05, 0.1) is 0 Å². The molecule has 0 heterocycles. The molecule has 0 aliphatic heterocycles. The second-order valence-corrected chi connectivity index (χ2v) is 6.86. The molecule has 0 spiro atoms. The van der Waals surface area contributed by atoms with Crippen LogP contribution < -0.4 is 4.74 Å². The van der Waals surface area contributed by atoms with Crippen LogP contribution in [0.5, 0.6) is 5.75 Å². The molecule has 0 radical (unpaired) electrons. The van der Waals surface area contributed by atoms with E-state index in [1.807, 2.05) is 24.3 Å². The van der Waals surface area contributed by atoms with Crippen LogP contribution in [0.4, 0.5) is 26.3 Å². The van der Waals surface area contributed by atoms with E-state index >= 15 is 0 Å². The van der Waals surface area contributed by atoms with Crippen molar-refractivity contribution in [3.05, 3.63) is 90.0 Å². The van der Waals surface area contributed by atoms with E-state index in [1.165, 1.54) is 23.8 Å². The highest BCUT2D eigenvalue weighted by Crippen LogP contribution is 2.34. The average molecular weight is 436 g/mol. The zero-order valence-electron chi connectivity index (χ0n) is 16.4. The van der Waals surface area contributed by atoms with Gasteiger partial charge in [0.25, 0.3) is 5.83 Å². The van der Waals surface area contributed by atoms with Crippen LogP contribution in [0.3, 0.4) is 0 Å². The van der Waals surface area contributed by atoms with Crippen molar-refractivity contribution in [2.45, 2.75) is 25.9 Å². The highest BCUT2D eigenvalue weighted by Gasteiger charge is 2.42. The Morgan fingerprint density at radius 1 is 0.806 bits per heavy atom. The van der Waals surface area contributed by atoms with Crippen molar-refractivity contribution in [3.8, 4) is 28.0 Å². The molecule has 7 heteroatoms. The third-order valence-corrected chi connectivity index (χ3v) is 4.63. The molecule has 3 aromatic rings. The summed E-state index contributed by atoms with van der Waals surface area (Å²) in [6, 6.07) is 17.1. The summed E-state index contributed by atoms with van der Waals surface area (Å²) in [5.74, 6) is -4.03. The van der Waals surface area contributed by atoms with Crippen LogP contribution >= 0.6 is 0 Å². The third kappa shape index (κ3) is 5.29. The lowest BCUT2D eigenvalue weighted by Gasteiger charge is -2.15. The fourth-order valence-electron chi connectivity index (χ4n) is 3.09. The lowest BCUT2D eigenvalue weighted by atomic mass is 9.98. The molecular formula is C24H18F6O. The van der Waals surface area contributed by atoms with Gasteiger partial charge < -0.3 is 4.74 Å². The molecule has 162 valence electrons. The van der Waals surface area contributed by atoms with Crippen molar-refractivity contribution >= 4 is 0 Å². The number of hydrogen-bond donors (Lipinski definition) is 0. The standard InChI is InChI=1S/C24H18F6O/c1-2-3-15-4-6-16(7-5-15)18-10-13-20(21(25)14-18)17-8-11-19(12-9-17)31-24(29,30)22(26)23(27)28/h4-14H,2-3H2,1H3. The third-order valence-electron chi connectivity index (χ3n) is 4.63. The number of hydrogen-bond acceptors (Lipinski definition) is 1. The Morgan fingerprint density at radius 3 is 1.94 bits per heavy atom. The molecule has 0 aromatic heterocycles. The Hall–Kier alpha value is -3.22. The monoisotopic (exact) mass is 436 g/mol. The van der Waals surface area contributed by atoms with Gasteiger partial charge in [0.15, 0.2) is 0 Å². The van der Waals surface area contributed by atoms with E-state index in [-0.39, 0.29) is 5.56 Å². The lowest BCUT2D eigenvalue weighted by Crippen LogP contribution is -2.26. The van der Waals surface area contributed by atoms with Crippen LogP contribution in [0.1, 0.15) is 18.9 Å². The Kier molecular flexibility index (Phi) is 6.73. The number of aryl methyl sites for hydroxylation is 1. The Bertz CT molecular complexity index is 1070. The summed E-state index contributed by atoms with van der Waals surface area (Å²) < 4.78 is 82.3. The molecular weight excluding hydrogens is 418 g/mol. The van der Waals surface area contributed by atoms with E-state index in [1.54, 1.807) is 12.1 Å². The van der Waals surface area contributed by atoms with Crippen LogP contribution in [0.15, 0.2) is 78.6 Å². The highest BCUT2D eigenvalue weighted by molar-refractivity contribution is 5.71. The number of rotatable bonds is 7. The van der Waals surface area contributed by atoms with Gasteiger partial charge in [-0.05, 0) is 46.9 Å². The van der Waals surface area contributed by atoms with Crippen LogP contribution in [0, 0.1) is 5.82 Å². The van der Waals surface area contributed by atoms with E-state index in [0.29, 0.717) is 11.1 Å². The van der Waals surface area contributed by atoms with Crippen LogP contribution in [-0.4, -0.2) is 6.11 Å². The summed E-state index contributed by atoms with van der Waals surface area (Å²) in [4.78, 5) is 0. The van der Waals surface area contributed by atoms with Crippen molar-refractivity contribution in [2.24, 2.45) is 0 Å². The van der Waals surface area contributed by atoms with Crippen molar-refractivity contribution in [3.63, 3.8) is 0 Å². The molecule has 0 fully saturated rings. The minimum Gasteiger partial charge on any atom is -0.427 e. The first-order chi connectivity index (χ1) is 14.7. The first kappa shape index (κ1) is 22.5. The minimum absolute atomic E-state index is 0.213. The van der Waals surface area contributed by atoms with Gasteiger partial charge in [-0.3, -0.25) is 0 Å². The zero-order valence-corrected chi connectivity index (χ0v) is 16.4. The molecule has 0 N–H and O–H groups in total. The summed E-state index contributed by atoms with van der Waals surface area (Å²) in [7, 11) is 0. The lowest BCUT2D eigenvalue weighted by molar-refractivity contribution is -0.159. The highest BCUT2D eigenvalue weighted by atomic mass is 19.3. The maximum Gasteiger partial charge on any atom is 0.459 e. The molecule has 31 heavy (non-hydrogen) atoms. The summed E-state index contributed by atoms with van der Waals surface area (Å²) in [6.07, 6.45) is -5.98. The molecule has 0 unspecified atom stereocenters. The van der Waals surface area contributed by atoms with Gasteiger partial charge in [0.2, 0.25) is 0 Å². The summed E-state index contributed by atoms with van der Waals surface area (Å²) in [5, 5.41) is 0. The molecule has 0 bridgehead atoms. The Labute approximate surface area is 175 Å². The predicted molar refractivity (Wildman–Crippen MR) is 107 cm³/mol. The van der Waals surface area contributed by atoms with Crippen molar-refractivity contribution in [1.82, 2.24) is 0 Å². The number of alkyl halides is 2. The molecule has 0 aliphatic rings. The van der Waals surface area contributed by atoms with E-state index in [9.17, 15) is 26.3 Å². The molecule has 3 aromatic carbocycles. The number of benzene rings is 3. The van der Waals surface area contributed by atoms with E-state index in [2.05, 4.69) is 11.7 Å². The summed E-state index contributed by atoms with van der Waals surface area (Å²) in [5.41, 5.74) is 3.29. The van der Waals surface area contributed by atoms with Gasteiger partial charge in [-0.2, -0.15) is 22.0 Å². The number of ether oxygens (including phenoxy) is 1. The van der Waals surface area contributed by atoms with Crippen LogP contribution in [-0.2, 0) is 6.42 Å². The fraction of sp³-hybridized carbons (Fsp3) is 0.167. The van der Waals surface area contributed by atoms with Gasteiger partial charge in [0.1, 0.15) is 11.6 Å². The minimum atomic E-state index is -4.81. The quantitative estimate of drug-likeness (QED) is 0.340. The van der Waals surface area contributed by atoms with Gasteiger partial charge in [-0.15, -0.1) is 0 Å². The molecule has 0 atom stereocenters. The molecule has 0 saturated carbocycles. The van der Waals surface area contributed by atoms with Gasteiger partial charge in [-0.25, -0.2) is 4.39 Å². The normalized spacial score (nSPS) is 11.3. The Balaban J connectivity index is 1.80. The molecule has 0 amide bonds. The molecule has 0 saturated heterocycles. The number of halogens is 6. The Morgan fingerprint density at radius 2 is 1.39 bits per heavy atom.